The van der Waals surface area contributed by atoms with Crippen LogP contribution in [0, 0.1) is 0 Å². The third kappa shape index (κ3) is 2.12. The van der Waals surface area contributed by atoms with Crippen LogP contribution < -0.4 is 10.2 Å². The summed E-state index contributed by atoms with van der Waals surface area (Å²) in [7, 11) is 1.67. The summed E-state index contributed by atoms with van der Waals surface area (Å²) in [6, 6.07) is 0.0421. The lowest BCUT2D eigenvalue weighted by atomic mass is 10.00. The summed E-state index contributed by atoms with van der Waals surface area (Å²) >= 11 is 1.58. The van der Waals surface area contributed by atoms with Gasteiger partial charge in [0.05, 0.1) is 24.5 Å². The minimum absolute atomic E-state index is 0.0162. The highest BCUT2D eigenvalue weighted by atomic mass is 32.1. The molecule has 0 fully saturated rings. The van der Waals surface area contributed by atoms with Gasteiger partial charge in [-0.3, -0.25) is 9.89 Å². The molecule has 1 atom stereocenters. The van der Waals surface area contributed by atoms with Gasteiger partial charge in [0.15, 0.2) is 0 Å². The van der Waals surface area contributed by atoms with Crippen LogP contribution in [0.4, 0.5) is 5.69 Å². The van der Waals surface area contributed by atoms with Crippen molar-refractivity contribution in [2.45, 2.75) is 18.9 Å². The van der Waals surface area contributed by atoms with Gasteiger partial charge in [0.1, 0.15) is 4.88 Å². The number of thiophene rings is 1. The Kier molecular flexibility index (Phi) is 3.38. The molecule has 6 nitrogen and oxygen atoms in total. The highest BCUT2D eigenvalue weighted by Crippen LogP contribution is 2.45. The second-order valence-electron chi connectivity index (χ2n) is 5.75. The van der Waals surface area contributed by atoms with Crippen molar-refractivity contribution in [2.75, 3.05) is 31.7 Å². The van der Waals surface area contributed by atoms with Crippen molar-refractivity contribution < 1.29 is 9.53 Å². The first kappa shape index (κ1) is 13.8. The Morgan fingerprint density at radius 1 is 1.50 bits per heavy atom. The molecule has 22 heavy (non-hydrogen) atoms. The predicted octanol–water partition coefficient (Wildman–Crippen LogP) is 1.65. The Morgan fingerprint density at radius 2 is 2.41 bits per heavy atom. The molecule has 2 N–H and O–H groups in total. The molecule has 4 heterocycles. The molecule has 2 aliphatic heterocycles. The van der Waals surface area contributed by atoms with Crippen LogP contribution >= 0.6 is 11.3 Å². The molecule has 0 aliphatic carbocycles. The number of methoxy groups -OCH3 is 1. The van der Waals surface area contributed by atoms with Crippen LogP contribution in [0.1, 0.15) is 21.7 Å². The third-order valence-corrected chi connectivity index (χ3v) is 5.53. The smallest absolute Gasteiger partial charge is 0.263 e. The van der Waals surface area contributed by atoms with Crippen molar-refractivity contribution >= 4 is 22.9 Å². The lowest BCUT2D eigenvalue weighted by Gasteiger charge is -2.31. The zero-order valence-electron chi connectivity index (χ0n) is 12.4. The largest absolute Gasteiger partial charge is 0.382 e. The standard InChI is InChI=1S/C15H18N4O2S/c1-21-8-10-7-19-4-2-3-11-12(19)14(15(20)18-10)22-13(11)9-5-16-17-6-9/h5-6,10H,2-4,7-8H2,1H3,(H,16,17)(H,18,20). The molecule has 1 amide bonds. The van der Waals surface area contributed by atoms with Crippen LogP contribution in [0.5, 0.6) is 0 Å². The Hall–Kier alpha value is -1.86. The maximum atomic E-state index is 12.6. The van der Waals surface area contributed by atoms with Crippen LogP contribution in [0.2, 0.25) is 0 Å². The van der Waals surface area contributed by atoms with Crippen LogP contribution in [-0.2, 0) is 11.2 Å². The van der Waals surface area contributed by atoms with Gasteiger partial charge < -0.3 is 15.0 Å². The number of aromatic nitrogens is 2. The Labute approximate surface area is 132 Å². The highest BCUT2D eigenvalue weighted by Gasteiger charge is 2.34. The number of amides is 1. The monoisotopic (exact) mass is 318 g/mol. The zero-order chi connectivity index (χ0) is 15.1. The predicted molar refractivity (Wildman–Crippen MR) is 85.6 cm³/mol. The summed E-state index contributed by atoms with van der Waals surface area (Å²) in [5.41, 5.74) is 3.49. The fraction of sp³-hybridized carbons (Fsp3) is 0.467. The van der Waals surface area contributed by atoms with Gasteiger partial charge in [-0.25, -0.2) is 0 Å². The second kappa shape index (κ2) is 5.40. The molecule has 0 radical (unpaired) electrons. The van der Waals surface area contributed by atoms with E-state index in [0.29, 0.717) is 6.61 Å². The van der Waals surface area contributed by atoms with Crippen molar-refractivity contribution in [3.63, 3.8) is 0 Å². The van der Waals surface area contributed by atoms with Crippen molar-refractivity contribution in [3.8, 4) is 10.4 Å². The van der Waals surface area contributed by atoms with E-state index in [2.05, 4.69) is 20.4 Å². The fourth-order valence-electron chi connectivity index (χ4n) is 3.38. The normalized spacial score (nSPS) is 20.5. The number of hydrogen-bond donors (Lipinski definition) is 2. The number of carbonyl (C=O) groups excluding carboxylic acids is 1. The molecule has 2 aromatic rings. The van der Waals surface area contributed by atoms with E-state index in [1.165, 1.54) is 10.4 Å². The van der Waals surface area contributed by atoms with E-state index in [1.807, 2.05) is 12.4 Å². The molecule has 2 aliphatic rings. The Bertz CT molecular complexity index is 695. The van der Waals surface area contributed by atoms with Gasteiger partial charge in [-0.05, 0) is 18.4 Å². The van der Waals surface area contributed by atoms with Crippen molar-refractivity contribution in [2.24, 2.45) is 0 Å². The van der Waals surface area contributed by atoms with E-state index in [1.54, 1.807) is 18.4 Å². The van der Waals surface area contributed by atoms with Crippen LogP contribution in [0.25, 0.3) is 10.4 Å². The maximum Gasteiger partial charge on any atom is 0.263 e. The summed E-state index contributed by atoms with van der Waals surface area (Å²) in [6.45, 7) is 2.35. The van der Waals surface area contributed by atoms with Gasteiger partial charge in [0, 0.05) is 36.8 Å². The average Bonchev–Trinajstić information content (AvgIpc) is 3.11. The quantitative estimate of drug-likeness (QED) is 0.903. The number of rotatable bonds is 3. The summed E-state index contributed by atoms with van der Waals surface area (Å²) < 4.78 is 5.23. The number of nitrogens with zero attached hydrogens (tertiary/aromatic N) is 2. The summed E-state index contributed by atoms with van der Waals surface area (Å²) in [5, 5.41) is 10.00. The highest BCUT2D eigenvalue weighted by molar-refractivity contribution is 7.18. The van der Waals surface area contributed by atoms with Crippen molar-refractivity contribution in [1.82, 2.24) is 15.5 Å². The van der Waals surface area contributed by atoms with Crippen molar-refractivity contribution in [3.05, 3.63) is 22.8 Å². The molecule has 7 heteroatoms. The van der Waals surface area contributed by atoms with Crippen molar-refractivity contribution in [1.29, 1.82) is 0 Å². The molecule has 116 valence electrons. The number of aromatic amines is 1. The lowest BCUT2D eigenvalue weighted by molar-refractivity contribution is 0.0910. The summed E-state index contributed by atoms with van der Waals surface area (Å²) in [5.74, 6) is 0.0162. The topological polar surface area (TPSA) is 70.2 Å². The average molecular weight is 318 g/mol. The first-order valence-electron chi connectivity index (χ1n) is 7.47. The van der Waals surface area contributed by atoms with Gasteiger partial charge in [-0.1, -0.05) is 0 Å². The van der Waals surface area contributed by atoms with Gasteiger partial charge in [-0.15, -0.1) is 11.3 Å². The van der Waals surface area contributed by atoms with E-state index in [-0.39, 0.29) is 11.9 Å². The van der Waals surface area contributed by atoms with E-state index in [0.717, 1.165) is 42.1 Å². The van der Waals surface area contributed by atoms with Crippen LogP contribution in [0.15, 0.2) is 12.4 Å². The summed E-state index contributed by atoms with van der Waals surface area (Å²) in [6.07, 6.45) is 5.85. The Balaban J connectivity index is 1.81. The molecule has 4 rings (SSSR count). The molecule has 0 saturated heterocycles. The van der Waals surface area contributed by atoms with E-state index >= 15 is 0 Å². The number of nitrogens with one attached hydrogen (secondary N) is 2. The third-order valence-electron chi connectivity index (χ3n) is 4.26. The molecule has 0 spiro atoms. The van der Waals surface area contributed by atoms with Crippen LogP contribution in [0.3, 0.4) is 0 Å². The molecule has 1 unspecified atom stereocenters. The lowest BCUT2D eigenvalue weighted by Crippen LogP contribution is -2.44. The molecule has 2 aromatic heterocycles. The minimum atomic E-state index is 0.0162. The Morgan fingerprint density at radius 3 is 3.18 bits per heavy atom. The van der Waals surface area contributed by atoms with Gasteiger partial charge in [-0.2, -0.15) is 5.10 Å². The van der Waals surface area contributed by atoms with Crippen LogP contribution in [-0.4, -0.2) is 49.0 Å². The van der Waals surface area contributed by atoms with E-state index in [4.69, 9.17) is 4.74 Å². The molecule has 0 bridgehead atoms. The second-order valence-corrected chi connectivity index (χ2v) is 6.77. The SMILES string of the molecule is COCC1CN2CCCc3c(-c4cn[nH]c4)sc(c32)C(=O)N1. The first-order chi connectivity index (χ1) is 10.8. The number of carbonyl (C=O) groups is 1. The van der Waals surface area contributed by atoms with E-state index in [9.17, 15) is 4.79 Å². The van der Waals surface area contributed by atoms with Gasteiger partial charge >= 0.3 is 0 Å². The molecular formula is C15H18N4O2S. The maximum absolute atomic E-state index is 12.6. The minimum Gasteiger partial charge on any atom is -0.382 e. The molecular weight excluding hydrogens is 300 g/mol. The van der Waals surface area contributed by atoms with E-state index < -0.39 is 0 Å². The first-order valence-corrected chi connectivity index (χ1v) is 8.29. The van der Waals surface area contributed by atoms with Gasteiger partial charge in [0.25, 0.3) is 5.91 Å². The number of ether oxygens (including phenoxy) is 1. The number of anilines is 1. The fourth-order valence-corrected chi connectivity index (χ4v) is 4.64. The summed E-state index contributed by atoms with van der Waals surface area (Å²) in [4.78, 5) is 16.9. The van der Waals surface area contributed by atoms with Gasteiger partial charge in [0.2, 0.25) is 0 Å². The number of hydrogen-bond acceptors (Lipinski definition) is 5. The molecule has 0 aromatic carbocycles. The molecule has 0 saturated carbocycles. The zero-order valence-corrected chi connectivity index (χ0v) is 13.2. The number of H-pyrrole nitrogens is 1.